The molecule has 0 radical (unpaired) electrons. The van der Waals surface area contributed by atoms with Gasteiger partial charge in [-0.05, 0) is 37.0 Å². The van der Waals surface area contributed by atoms with Crippen LogP contribution in [0.25, 0.3) is 0 Å². The van der Waals surface area contributed by atoms with Crippen LogP contribution in [-0.4, -0.2) is 47.3 Å². The first kappa shape index (κ1) is 17.2. The summed E-state index contributed by atoms with van der Waals surface area (Å²) in [5, 5.41) is 0.0283. The summed E-state index contributed by atoms with van der Waals surface area (Å²) in [4.78, 5) is 29.0. The van der Waals surface area contributed by atoms with E-state index in [0.29, 0.717) is 18.7 Å². The normalized spacial score (nSPS) is 23.5. The number of carbonyl (C=O) groups excluding carboxylic acids is 2. The molecule has 0 saturated carbocycles. The zero-order valence-corrected chi connectivity index (χ0v) is 14.6. The summed E-state index contributed by atoms with van der Waals surface area (Å²) in [6.07, 6.45) is 2.93. The Morgan fingerprint density at radius 1 is 1.33 bits per heavy atom. The van der Waals surface area contributed by atoms with E-state index in [-0.39, 0.29) is 35.2 Å². The van der Waals surface area contributed by atoms with Crippen molar-refractivity contribution in [2.24, 2.45) is 5.92 Å². The number of hydrogen-bond acceptors (Lipinski definition) is 2. The highest BCUT2D eigenvalue weighted by atomic mass is 35.5. The van der Waals surface area contributed by atoms with Crippen LogP contribution in [0.5, 0.6) is 0 Å². The molecule has 3 heterocycles. The van der Waals surface area contributed by atoms with Gasteiger partial charge in [0, 0.05) is 25.7 Å². The molecule has 3 saturated heterocycles. The molecule has 2 bridgehead atoms. The molecule has 0 aliphatic carbocycles. The molecule has 4 rings (SSSR count). The Morgan fingerprint density at radius 3 is 2.83 bits per heavy atom. The van der Waals surface area contributed by atoms with E-state index in [0.717, 1.165) is 25.8 Å². The van der Waals surface area contributed by atoms with Gasteiger partial charge in [0.1, 0.15) is 5.82 Å². The predicted molar refractivity (Wildman–Crippen MR) is 90.2 cm³/mol. The van der Waals surface area contributed by atoms with Gasteiger partial charge in [0.05, 0.1) is 17.4 Å². The van der Waals surface area contributed by atoms with Gasteiger partial charge in [-0.3, -0.25) is 9.59 Å². The molecular weight excluding hydrogens is 331 g/mol. The Balaban J connectivity index is 1.72. The molecule has 2 atom stereocenters. The molecule has 130 valence electrons. The number of rotatable bonds is 4. The molecule has 0 spiro atoms. The highest BCUT2D eigenvalue weighted by Gasteiger charge is 2.41. The van der Waals surface area contributed by atoms with E-state index in [1.54, 1.807) is 11.0 Å². The molecule has 0 aromatic heterocycles. The third-order valence-electron chi connectivity index (χ3n) is 4.95. The fourth-order valence-electron chi connectivity index (χ4n) is 3.71. The number of amides is 2. The first-order valence-electron chi connectivity index (χ1n) is 8.51. The SMILES string of the molecule is CCCN1C(=O)[C@@H]2CC[C@H]1CN(C(=O)Cc1ccc(F)c(Cl)c1)C2. The maximum atomic E-state index is 13.2. The van der Waals surface area contributed by atoms with Crippen molar-refractivity contribution in [1.29, 1.82) is 0 Å². The number of benzene rings is 1. The summed E-state index contributed by atoms with van der Waals surface area (Å²) in [5.74, 6) is -0.411. The molecule has 3 fully saturated rings. The lowest BCUT2D eigenvalue weighted by Crippen LogP contribution is -2.48. The lowest BCUT2D eigenvalue weighted by molar-refractivity contribution is -0.139. The second-order valence-electron chi connectivity index (χ2n) is 6.68. The Morgan fingerprint density at radius 2 is 2.12 bits per heavy atom. The number of carbonyl (C=O) groups is 2. The molecule has 3 aliphatic heterocycles. The van der Waals surface area contributed by atoms with Crippen molar-refractivity contribution in [2.45, 2.75) is 38.6 Å². The van der Waals surface area contributed by atoms with Gasteiger partial charge in [-0.1, -0.05) is 24.6 Å². The lowest BCUT2D eigenvalue weighted by Gasteiger charge is -2.35. The number of halogens is 2. The van der Waals surface area contributed by atoms with Crippen LogP contribution in [-0.2, 0) is 16.0 Å². The van der Waals surface area contributed by atoms with E-state index >= 15 is 0 Å². The second kappa shape index (κ2) is 7.09. The average molecular weight is 353 g/mol. The summed E-state index contributed by atoms with van der Waals surface area (Å²) >= 11 is 5.79. The van der Waals surface area contributed by atoms with Crippen LogP contribution in [0.4, 0.5) is 4.39 Å². The summed E-state index contributed by atoms with van der Waals surface area (Å²) in [6.45, 7) is 3.90. The van der Waals surface area contributed by atoms with E-state index in [1.807, 2.05) is 4.90 Å². The lowest BCUT2D eigenvalue weighted by atomic mass is 9.94. The van der Waals surface area contributed by atoms with Gasteiger partial charge in [0.2, 0.25) is 11.8 Å². The maximum absolute atomic E-state index is 13.2. The second-order valence-corrected chi connectivity index (χ2v) is 7.09. The molecule has 0 N–H and O–H groups in total. The molecule has 3 aliphatic rings. The smallest absolute Gasteiger partial charge is 0.227 e. The molecule has 1 aromatic carbocycles. The minimum atomic E-state index is -0.485. The number of piperidine rings is 1. The van der Waals surface area contributed by atoms with Gasteiger partial charge >= 0.3 is 0 Å². The zero-order chi connectivity index (χ0) is 17.3. The topological polar surface area (TPSA) is 40.6 Å². The fourth-order valence-corrected chi connectivity index (χ4v) is 3.92. The van der Waals surface area contributed by atoms with E-state index in [9.17, 15) is 14.0 Å². The quantitative estimate of drug-likeness (QED) is 0.836. The predicted octanol–water partition coefficient (Wildman–Crippen LogP) is 2.88. The Labute approximate surface area is 146 Å². The maximum Gasteiger partial charge on any atom is 0.227 e. The molecule has 6 heteroatoms. The first-order chi connectivity index (χ1) is 11.5. The molecule has 0 unspecified atom stereocenters. The van der Waals surface area contributed by atoms with Crippen LogP contribution in [0.1, 0.15) is 31.7 Å². The summed E-state index contributed by atoms with van der Waals surface area (Å²) in [6, 6.07) is 4.48. The molecule has 2 amide bonds. The summed E-state index contributed by atoms with van der Waals surface area (Å²) in [7, 11) is 0. The van der Waals surface area contributed by atoms with Crippen molar-refractivity contribution in [3.8, 4) is 0 Å². The summed E-state index contributed by atoms with van der Waals surface area (Å²) < 4.78 is 13.2. The van der Waals surface area contributed by atoms with Crippen molar-refractivity contribution in [2.75, 3.05) is 19.6 Å². The summed E-state index contributed by atoms with van der Waals surface area (Å²) in [5.41, 5.74) is 0.694. The Kier molecular flexibility index (Phi) is 5.09. The third-order valence-corrected chi connectivity index (χ3v) is 5.24. The highest BCUT2D eigenvalue weighted by molar-refractivity contribution is 6.30. The number of hydrogen-bond donors (Lipinski definition) is 0. The molecule has 1 aromatic rings. The Bertz CT molecular complexity index is 652. The highest BCUT2D eigenvalue weighted by Crippen LogP contribution is 2.29. The van der Waals surface area contributed by atoms with Crippen molar-refractivity contribution in [3.63, 3.8) is 0 Å². The van der Waals surface area contributed by atoms with Crippen molar-refractivity contribution < 1.29 is 14.0 Å². The number of nitrogens with zero attached hydrogens (tertiary/aromatic N) is 2. The van der Waals surface area contributed by atoms with Gasteiger partial charge < -0.3 is 9.80 Å². The van der Waals surface area contributed by atoms with Crippen LogP contribution in [0.3, 0.4) is 0 Å². The van der Waals surface area contributed by atoms with Crippen LogP contribution in [0.15, 0.2) is 18.2 Å². The molecule has 4 nitrogen and oxygen atoms in total. The van der Waals surface area contributed by atoms with Crippen LogP contribution in [0, 0.1) is 11.7 Å². The van der Waals surface area contributed by atoms with Crippen LogP contribution < -0.4 is 0 Å². The number of fused-ring (bicyclic) bond motifs is 4. The van der Waals surface area contributed by atoms with E-state index in [4.69, 9.17) is 11.6 Å². The largest absolute Gasteiger partial charge is 0.340 e. The van der Waals surface area contributed by atoms with E-state index < -0.39 is 5.82 Å². The van der Waals surface area contributed by atoms with Crippen molar-refractivity contribution >= 4 is 23.4 Å². The minimum Gasteiger partial charge on any atom is -0.340 e. The van der Waals surface area contributed by atoms with Crippen LogP contribution >= 0.6 is 11.6 Å². The van der Waals surface area contributed by atoms with Crippen molar-refractivity contribution in [1.82, 2.24) is 9.80 Å². The standard InChI is InChI=1S/C18H22ClFN2O2/c1-2-7-22-14-5-4-13(18(22)24)10-21(11-14)17(23)9-12-3-6-16(20)15(19)8-12/h3,6,8,13-14H,2,4-5,7,9-11H2,1H3/t13-,14+/m1/s1. The van der Waals surface area contributed by atoms with Gasteiger partial charge in [0.15, 0.2) is 0 Å². The van der Waals surface area contributed by atoms with Gasteiger partial charge in [-0.15, -0.1) is 0 Å². The molecular formula is C18H22ClFN2O2. The fraction of sp³-hybridized carbons (Fsp3) is 0.556. The Hall–Kier alpha value is -1.62. The van der Waals surface area contributed by atoms with Gasteiger partial charge in [-0.25, -0.2) is 4.39 Å². The monoisotopic (exact) mass is 352 g/mol. The van der Waals surface area contributed by atoms with Crippen LogP contribution in [0.2, 0.25) is 5.02 Å². The van der Waals surface area contributed by atoms with Crippen molar-refractivity contribution in [3.05, 3.63) is 34.6 Å². The molecule has 24 heavy (non-hydrogen) atoms. The average Bonchev–Trinajstić information content (AvgIpc) is 2.84. The zero-order valence-electron chi connectivity index (χ0n) is 13.8. The van der Waals surface area contributed by atoms with Gasteiger partial charge in [0.25, 0.3) is 0 Å². The van der Waals surface area contributed by atoms with E-state index in [2.05, 4.69) is 6.92 Å². The van der Waals surface area contributed by atoms with Gasteiger partial charge in [-0.2, -0.15) is 0 Å². The minimum absolute atomic E-state index is 0.0271. The third kappa shape index (κ3) is 3.41. The first-order valence-corrected chi connectivity index (χ1v) is 8.89. The van der Waals surface area contributed by atoms with E-state index in [1.165, 1.54) is 12.1 Å².